The lowest BCUT2D eigenvalue weighted by atomic mass is 10.0. The summed E-state index contributed by atoms with van der Waals surface area (Å²) in [6.45, 7) is 1.79. The third-order valence-corrected chi connectivity index (χ3v) is 6.63. The number of nitrogens with one attached hydrogen (secondary N) is 2. The topological polar surface area (TPSA) is 168 Å². The van der Waals surface area contributed by atoms with Gasteiger partial charge in [-0.1, -0.05) is 41.4 Å². The Morgan fingerprint density at radius 1 is 1.17 bits per heavy atom. The van der Waals surface area contributed by atoms with E-state index in [4.69, 9.17) is 11.6 Å². The molecule has 0 aliphatic carbocycles. The number of aromatic amines is 1. The molecular formula is C23H18ClN5O6S. The molecular weight excluding hydrogens is 510 g/mol. The molecule has 0 saturated heterocycles. The lowest BCUT2D eigenvalue weighted by Crippen LogP contribution is -2.29. The highest BCUT2D eigenvalue weighted by Gasteiger charge is 2.25. The number of rotatable bonds is 7. The molecule has 0 aliphatic rings. The van der Waals surface area contributed by atoms with Crippen LogP contribution in [-0.2, 0) is 10.0 Å². The lowest BCUT2D eigenvalue weighted by Gasteiger charge is -2.14. The van der Waals surface area contributed by atoms with E-state index < -0.39 is 38.0 Å². The van der Waals surface area contributed by atoms with Crippen LogP contribution < -0.4 is 10.4 Å². The highest BCUT2D eigenvalue weighted by atomic mass is 35.5. The predicted molar refractivity (Wildman–Crippen MR) is 133 cm³/mol. The molecule has 3 aromatic carbocycles. The highest BCUT2D eigenvalue weighted by molar-refractivity contribution is 7.89. The molecule has 3 N–H and O–H groups in total. The van der Waals surface area contributed by atoms with Crippen LogP contribution in [0.15, 0.2) is 81.5 Å². The van der Waals surface area contributed by atoms with Crippen LogP contribution in [0.5, 0.6) is 0 Å². The summed E-state index contributed by atoms with van der Waals surface area (Å²) in [5.41, 5.74) is -0.542. The maximum Gasteiger partial charge on any atom is 0.276 e. The number of aryl methyl sites for hydroxylation is 1. The molecule has 13 heteroatoms. The monoisotopic (exact) mass is 527 g/mol. The van der Waals surface area contributed by atoms with E-state index in [1.165, 1.54) is 48.5 Å². The van der Waals surface area contributed by atoms with Crippen molar-refractivity contribution in [3.05, 3.63) is 109 Å². The Bertz CT molecular complexity index is 1670. The summed E-state index contributed by atoms with van der Waals surface area (Å²) < 4.78 is 25.6. The number of hydrogen-bond acceptors (Lipinski definition) is 8. The van der Waals surface area contributed by atoms with Gasteiger partial charge in [0.05, 0.1) is 20.9 Å². The molecule has 0 spiro atoms. The first-order chi connectivity index (χ1) is 17.0. The summed E-state index contributed by atoms with van der Waals surface area (Å²) in [5, 5.41) is 26.5. The van der Waals surface area contributed by atoms with Crippen molar-refractivity contribution in [1.29, 1.82) is 0 Å². The Kier molecular flexibility index (Phi) is 6.84. The molecule has 1 aromatic heterocycles. The van der Waals surface area contributed by atoms with Crippen LogP contribution in [-0.4, -0.2) is 34.1 Å². The van der Waals surface area contributed by atoms with E-state index in [0.29, 0.717) is 10.5 Å². The van der Waals surface area contributed by atoms with Gasteiger partial charge >= 0.3 is 0 Å². The van der Waals surface area contributed by atoms with Crippen LogP contribution in [0.4, 0.5) is 5.69 Å². The number of benzene rings is 3. The summed E-state index contributed by atoms with van der Waals surface area (Å²) in [4.78, 5) is 32.2. The summed E-state index contributed by atoms with van der Waals surface area (Å²) in [6.07, 6.45) is -1.75. The SMILES string of the molecule is Cc1ccc(S(=O)(=O)N/N=C(/c2nc3ccc(Cl)cc3[nH]c2=O)[C@@H](O)c2cccc([N+](=O)[O-])c2)cc1. The van der Waals surface area contributed by atoms with Gasteiger partial charge in [-0.3, -0.25) is 14.9 Å². The van der Waals surface area contributed by atoms with Crippen LogP contribution >= 0.6 is 11.6 Å². The molecule has 1 heterocycles. The smallest absolute Gasteiger partial charge is 0.276 e. The maximum atomic E-state index is 12.9. The van der Waals surface area contributed by atoms with Gasteiger partial charge in [0.1, 0.15) is 11.8 Å². The van der Waals surface area contributed by atoms with Gasteiger partial charge < -0.3 is 10.1 Å². The number of nitro groups is 1. The summed E-state index contributed by atoms with van der Waals surface area (Å²) >= 11 is 5.97. The number of H-pyrrole nitrogens is 1. The minimum Gasteiger partial charge on any atom is -0.382 e. The Morgan fingerprint density at radius 3 is 2.58 bits per heavy atom. The van der Waals surface area contributed by atoms with Gasteiger partial charge in [0, 0.05) is 17.2 Å². The standard InChI is InChI=1S/C23H18ClN5O6S/c1-13-5-8-17(9-6-13)36(34,35)28-27-20(22(30)14-3-2-4-16(11-14)29(32)33)21-23(31)26-19-12-15(24)7-10-18(19)25-21/h2-12,22,28,30H,1H3,(H,26,31)/b27-20-/t22-/m0/s1. The Balaban J connectivity index is 1.85. The number of nitro benzene ring substituents is 1. The van der Waals surface area contributed by atoms with Crippen LogP contribution in [0.25, 0.3) is 11.0 Å². The highest BCUT2D eigenvalue weighted by Crippen LogP contribution is 2.23. The minimum atomic E-state index is -4.19. The molecule has 4 rings (SSSR count). The molecule has 0 amide bonds. The van der Waals surface area contributed by atoms with Crippen molar-refractivity contribution in [2.75, 3.05) is 0 Å². The lowest BCUT2D eigenvalue weighted by molar-refractivity contribution is -0.385. The molecule has 4 aromatic rings. The molecule has 0 radical (unpaired) electrons. The zero-order valence-corrected chi connectivity index (χ0v) is 20.1. The third-order valence-electron chi connectivity index (χ3n) is 5.17. The molecule has 0 saturated carbocycles. The molecule has 0 bridgehead atoms. The van der Waals surface area contributed by atoms with E-state index in [9.17, 15) is 28.4 Å². The van der Waals surface area contributed by atoms with E-state index in [0.717, 1.165) is 11.6 Å². The number of non-ortho nitro benzene ring substituents is 1. The van der Waals surface area contributed by atoms with E-state index in [-0.39, 0.29) is 21.7 Å². The van der Waals surface area contributed by atoms with Crippen molar-refractivity contribution in [2.24, 2.45) is 5.10 Å². The van der Waals surface area contributed by atoms with Crippen LogP contribution in [0, 0.1) is 17.0 Å². The second kappa shape index (κ2) is 9.85. The molecule has 0 aliphatic heterocycles. The maximum absolute atomic E-state index is 12.9. The molecule has 0 unspecified atom stereocenters. The first-order valence-corrected chi connectivity index (χ1v) is 12.2. The van der Waals surface area contributed by atoms with E-state index in [1.807, 2.05) is 4.83 Å². The van der Waals surface area contributed by atoms with Gasteiger partial charge in [-0.15, -0.1) is 0 Å². The molecule has 36 heavy (non-hydrogen) atoms. The number of aliphatic hydroxyl groups excluding tert-OH is 1. The van der Waals surface area contributed by atoms with Crippen LogP contribution in [0.3, 0.4) is 0 Å². The van der Waals surface area contributed by atoms with Gasteiger partial charge in [-0.2, -0.15) is 18.4 Å². The quantitative estimate of drug-likeness (QED) is 0.188. The second-order valence-electron chi connectivity index (χ2n) is 7.74. The fourth-order valence-electron chi connectivity index (χ4n) is 3.32. The Labute approximate surface area is 209 Å². The fraction of sp³-hybridized carbons (Fsp3) is 0.0870. The number of halogens is 1. The second-order valence-corrected chi connectivity index (χ2v) is 9.83. The summed E-state index contributed by atoms with van der Waals surface area (Å²) in [6, 6.07) is 15.5. The average molecular weight is 528 g/mol. The predicted octanol–water partition coefficient (Wildman–Crippen LogP) is 3.21. The van der Waals surface area contributed by atoms with Crippen molar-refractivity contribution in [3.63, 3.8) is 0 Å². The Hall–Kier alpha value is -4.13. The van der Waals surface area contributed by atoms with E-state index >= 15 is 0 Å². The number of fused-ring (bicyclic) bond motifs is 1. The number of hydrazone groups is 1. The molecule has 11 nitrogen and oxygen atoms in total. The summed E-state index contributed by atoms with van der Waals surface area (Å²) in [5.74, 6) is 0. The zero-order valence-electron chi connectivity index (χ0n) is 18.5. The van der Waals surface area contributed by atoms with Gasteiger partial charge in [-0.05, 0) is 42.8 Å². The Morgan fingerprint density at radius 2 is 1.89 bits per heavy atom. The molecule has 1 atom stereocenters. The van der Waals surface area contributed by atoms with E-state index in [2.05, 4.69) is 15.1 Å². The number of sulfonamides is 1. The number of nitrogens with zero attached hydrogens (tertiary/aromatic N) is 3. The first kappa shape index (κ1) is 25.0. The van der Waals surface area contributed by atoms with Crippen molar-refractivity contribution in [3.8, 4) is 0 Å². The largest absolute Gasteiger partial charge is 0.382 e. The van der Waals surface area contributed by atoms with Crippen molar-refractivity contribution < 1.29 is 18.4 Å². The van der Waals surface area contributed by atoms with Gasteiger partial charge in [0.25, 0.3) is 21.3 Å². The van der Waals surface area contributed by atoms with Crippen LogP contribution in [0.1, 0.15) is 22.9 Å². The van der Waals surface area contributed by atoms with Crippen molar-refractivity contribution >= 4 is 44.1 Å². The van der Waals surface area contributed by atoms with Crippen LogP contribution in [0.2, 0.25) is 5.02 Å². The van der Waals surface area contributed by atoms with Gasteiger partial charge in [0.2, 0.25) is 0 Å². The fourth-order valence-corrected chi connectivity index (χ4v) is 4.31. The molecule has 184 valence electrons. The number of hydrogen-bond donors (Lipinski definition) is 3. The normalized spacial score (nSPS) is 12.9. The number of aliphatic hydroxyl groups is 1. The number of aromatic nitrogens is 2. The van der Waals surface area contributed by atoms with E-state index in [1.54, 1.807) is 19.1 Å². The van der Waals surface area contributed by atoms with Gasteiger partial charge in [0.15, 0.2) is 5.69 Å². The molecule has 0 fully saturated rings. The summed E-state index contributed by atoms with van der Waals surface area (Å²) in [7, 11) is -4.19. The third kappa shape index (κ3) is 5.25. The van der Waals surface area contributed by atoms with Crippen molar-refractivity contribution in [1.82, 2.24) is 14.8 Å². The minimum absolute atomic E-state index is 0.00473. The van der Waals surface area contributed by atoms with Crippen molar-refractivity contribution in [2.45, 2.75) is 17.9 Å². The van der Waals surface area contributed by atoms with Gasteiger partial charge in [-0.25, -0.2) is 4.98 Å². The average Bonchev–Trinajstić information content (AvgIpc) is 2.84. The zero-order chi connectivity index (χ0) is 26.0. The first-order valence-electron chi connectivity index (χ1n) is 10.3.